The van der Waals surface area contributed by atoms with Gasteiger partial charge < -0.3 is 5.32 Å². The van der Waals surface area contributed by atoms with Crippen molar-refractivity contribution in [1.29, 1.82) is 0 Å². The third-order valence-electron chi connectivity index (χ3n) is 5.68. The minimum Gasteiger partial charge on any atom is -0.350 e. The first-order chi connectivity index (χ1) is 14.7. The number of hydrogen-bond donors (Lipinski definition) is 1. The summed E-state index contributed by atoms with van der Waals surface area (Å²) in [7, 11) is -3.64. The molecule has 166 valence electrons. The summed E-state index contributed by atoms with van der Waals surface area (Å²) in [5.74, 6) is -0.960. The van der Waals surface area contributed by atoms with Crippen LogP contribution in [0.15, 0.2) is 54.6 Å². The van der Waals surface area contributed by atoms with Crippen molar-refractivity contribution in [3.05, 3.63) is 65.7 Å². The number of carbonyl (C=O) groups is 2. The summed E-state index contributed by atoms with van der Waals surface area (Å²) in [6.07, 6.45) is 0.853. The van der Waals surface area contributed by atoms with Crippen LogP contribution in [0.5, 0.6) is 0 Å². The quantitative estimate of drug-likeness (QED) is 0.712. The number of anilines is 1. The van der Waals surface area contributed by atoms with Gasteiger partial charge in [-0.05, 0) is 43.5 Å². The lowest BCUT2D eigenvalue weighted by Crippen LogP contribution is -2.70. The largest absolute Gasteiger partial charge is 0.350 e. The average molecular weight is 444 g/mol. The van der Waals surface area contributed by atoms with E-state index in [2.05, 4.69) is 5.32 Å². The highest BCUT2D eigenvalue weighted by atomic mass is 32.2. The third kappa shape index (κ3) is 4.80. The molecule has 1 aliphatic rings. The predicted octanol–water partition coefficient (Wildman–Crippen LogP) is 2.32. The number of rotatable bonds is 7. The Balaban J connectivity index is 1.96. The van der Waals surface area contributed by atoms with Gasteiger partial charge in [-0.25, -0.2) is 8.42 Å². The van der Waals surface area contributed by atoms with Crippen LogP contribution in [-0.4, -0.2) is 48.9 Å². The van der Waals surface area contributed by atoms with Crippen LogP contribution in [-0.2, 0) is 32.6 Å². The maximum Gasteiger partial charge on any atom is 0.247 e. The van der Waals surface area contributed by atoms with Crippen LogP contribution in [0.4, 0.5) is 5.69 Å². The minimum absolute atomic E-state index is 0.106. The smallest absolute Gasteiger partial charge is 0.247 e. The molecular weight excluding hydrogens is 414 g/mol. The molecule has 0 aromatic heterocycles. The molecule has 1 heterocycles. The van der Waals surface area contributed by atoms with Gasteiger partial charge in [0.15, 0.2) is 0 Å². The second-order valence-corrected chi connectivity index (χ2v) is 10.1. The summed E-state index contributed by atoms with van der Waals surface area (Å²) in [4.78, 5) is 28.0. The molecule has 0 unspecified atom stereocenters. The first-order valence-electron chi connectivity index (χ1n) is 10.4. The topological polar surface area (TPSA) is 86.8 Å². The maximum atomic E-state index is 13.4. The maximum absolute atomic E-state index is 13.4. The molecule has 0 aliphatic carbocycles. The zero-order valence-electron chi connectivity index (χ0n) is 18.2. The molecule has 2 amide bonds. The fourth-order valence-electron chi connectivity index (χ4n) is 3.80. The Hall–Kier alpha value is -2.71. The van der Waals surface area contributed by atoms with Gasteiger partial charge >= 0.3 is 0 Å². The SMILES string of the molecule is CCc1ccc(N2C(=O)CN(S(=O)(=O)CC)C[C@]2(C)C(=O)NCc2ccccc2)cc1. The second-order valence-electron chi connectivity index (χ2n) is 7.86. The molecular formula is C23H29N3O4S. The molecule has 0 saturated carbocycles. The normalized spacial score (nSPS) is 20.0. The Morgan fingerprint density at radius 2 is 1.68 bits per heavy atom. The van der Waals surface area contributed by atoms with Gasteiger partial charge in [-0.3, -0.25) is 14.5 Å². The van der Waals surface area contributed by atoms with Crippen molar-refractivity contribution >= 4 is 27.5 Å². The molecule has 3 rings (SSSR count). The van der Waals surface area contributed by atoms with Crippen molar-refractivity contribution in [2.24, 2.45) is 0 Å². The Morgan fingerprint density at radius 1 is 1.03 bits per heavy atom. The van der Waals surface area contributed by atoms with Crippen LogP contribution < -0.4 is 10.2 Å². The molecule has 1 fully saturated rings. The fraction of sp³-hybridized carbons (Fsp3) is 0.391. The molecule has 1 aliphatic heterocycles. The van der Waals surface area contributed by atoms with Gasteiger partial charge in [0.25, 0.3) is 0 Å². The summed E-state index contributed by atoms with van der Waals surface area (Å²) >= 11 is 0. The van der Waals surface area contributed by atoms with Gasteiger partial charge in [0, 0.05) is 18.8 Å². The Bertz CT molecular complexity index is 1040. The summed E-state index contributed by atoms with van der Waals surface area (Å²) in [5, 5.41) is 2.89. The van der Waals surface area contributed by atoms with E-state index in [4.69, 9.17) is 0 Å². The molecule has 7 nitrogen and oxygen atoms in total. The number of nitrogens with zero attached hydrogens (tertiary/aromatic N) is 2. The van der Waals surface area contributed by atoms with E-state index in [0.29, 0.717) is 5.69 Å². The van der Waals surface area contributed by atoms with E-state index in [1.807, 2.05) is 61.5 Å². The molecule has 8 heteroatoms. The Kier molecular flexibility index (Phi) is 6.81. The number of carbonyl (C=O) groups excluding carboxylic acids is 2. The number of benzene rings is 2. The molecule has 1 atom stereocenters. The number of hydrogen-bond acceptors (Lipinski definition) is 4. The van der Waals surface area contributed by atoms with Crippen molar-refractivity contribution in [1.82, 2.24) is 9.62 Å². The van der Waals surface area contributed by atoms with Crippen molar-refractivity contribution in [3.63, 3.8) is 0 Å². The lowest BCUT2D eigenvalue weighted by Gasteiger charge is -2.46. The van der Waals surface area contributed by atoms with Gasteiger partial charge in [-0.1, -0.05) is 49.4 Å². The van der Waals surface area contributed by atoms with E-state index in [1.165, 1.54) is 11.8 Å². The molecule has 0 spiro atoms. The van der Waals surface area contributed by atoms with Gasteiger partial charge in [-0.2, -0.15) is 4.31 Å². The first kappa shape index (κ1) is 23.0. The zero-order valence-corrected chi connectivity index (χ0v) is 19.0. The third-order valence-corrected chi connectivity index (χ3v) is 7.46. The van der Waals surface area contributed by atoms with Crippen LogP contribution in [0.25, 0.3) is 0 Å². The first-order valence-corrected chi connectivity index (χ1v) is 12.0. The monoisotopic (exact) mass is 443 g/mol. The lowest BCUT2D eigenvalue weighted by molar-refractivity contribution is -0.133. The van der Waals surface area contributed by atoms with Crippen LogP contribution in [0.3, 0.4) is 0 Å². The highest BCUT2D eigenvalue weighted by molar-refractivity contribution is 7.89. The number of nitrogens with one attached hydrogen (secondary N) is 1. The van der Waals surface area contributed by atoms with E-state index in [-0.39, 0.29) is 25.4 Å². The highest BCUT2D eigenvalue weighted by Crippen LogP contribution is 2.31. The van der Waals surface area contributed by atoms with Crippen molar-refractivity contribution in [2.75, 3.05) is 23.7 Å². The van der Waals surface area contributed by atoms with Crippen molar-refractivity contribution in [2.45, 2.75) is 39.3 Å². The van der Waals surface area contributed by atoms with Crippen molar-refractivity contribution in [3.8, 4) is 0 Å². The fourth-order valence-corrected chi connectivity index (χ4v) is 4.92. The summed E-state index contributed by atoms with van der Waals surface area (Å²) in [5.41, 5.74) is 1.21. The number of sulfonamides is 1. The number of aryl methyl sites for hydroxylation is 1. The van der Waals surface area contributed by atoms with Gasteiger partial charge in [-0.15, -0.1) is 0 Å². The molecule has 31 heavy (non-hydrogen) atoms. The average Bonchev–Trinajstić information content (AvgIpc) is 2.78. The van der Waals surface area contributed by atoms with E-state index < -0.39 is 27.4 Å². The molecule has 2 aromatic rings. The van der Waals surface area contributed by atoms with E-state index in [1.54, 1.807) is 6.92 Å². The van der Waals surface area contributed by atoms with Gasteiger partial charge in [0.05, 0.1) is 12.3 Å². The summed E-state index contributed by atoms with van der Waals surface area (Å²) in [6, 6.07) is 16.9. The predicted molar refractivity (Wildman–Crippen MR) is 121 cm³/mol. The molecule has 0 radical (unpaired) electrons. The Labute approximate surface area is 184 Å². The Morgan fingerprint density at radius 3 is 2.26 bits per heavy atom. The lowest BCUT2D eigenvalue weighted by atomic mass is 9.94. The van der Waals surface area contributed by atoms with Crippen LogP contribution in [0.1, 0.15) is 31.9 Å². The second kappa shape index (κ2) is 9.20. The van der Waals surface area contributed by atoms with Gasteiger partial charge in [0.2, 0.25) is 21.8 Å². The zero-order chi connectivity index (χ0) is 22.6. The summed E-state index contributed by atoms with van der Waals surface area (Å²) in [6.45, 7) is 5.08. The molecule has 2 aromatic carbocycles. The van der Waals surface area contributed by atoms with E-state index in [9.17, 15) is 18.0 Å². The van der Waals surface area contributed by atoms with Crippen LogP contribution in [0, 0.1) is 0 Å². The highest BCUT2D eigenvalue weighted by Gasteiger charge is 2.50. The molecule has 0 bridgehead atoms. The summed E-state index contributed by atoms with van der Waals surface area (Å²) < 4.78 is 26.2. The number of piperazine rings is 1. The molecule has 1 N–H and O–H groups in total. The van der Waals surface area contributed by atoms with E-state index >= 15 is 0 Å². The molecule has 1 saturated heterocycles. The standard InChI is InChI=1S/C23H29N3O4S/c1-4-18-11-13-20(14-12-18)26-21(27)16-25(31(29,30)5-2)17-23(26,3)22(28)24-15-19-9-7-6-8-10-19/h6-14H,4-5,15-17H2,1-3H3,(H,24,28)/t23-/m1/s1. The van der Waals surface area contributed by atoms with Crippen LogP contribution in [0.2, 0.25) is 0 Å². The number of amides is 2. The minimum atomic E-state index is -3.64. The van der Waals surface area contributed by atoms with Gasteiger partial charge in [0.1, 0.15) is 5.54 Å². The van der Waals surface area contributed by atoms with E-state index in [0.717, 1.165) is 21.9 Å². The van der Waals surface area contributed by atoms with Crippen molar-refractivity contribution < 1.29 is 18.0 Å². The van der Waals surface area contributed by atoms with Crippen LogP contribution >= 0.6 is 0 Å².